The first-order valence-corrected chi connectivity index (χ1v) is 11.4. The van der Waals surface area contributed by atoms with Crippen LogP contribution in [0.15, 0.2) is 22.4 Å². The third-order valence-corrected chi connectivity index (χ3v) is 7.81. The molecule has 0 aliphatic carbocycles. The molecule has 1 aromatic carbocycles. The Hall–Kier alpha value is -1.06. The summed E-state index contributed by atoms with van der Waals surface area (Å²) in [4.78, 5) is 14.4. The Morgan fingerprint density at radius 1 is 1.41 bits per heavy atom. The number of rotatable bonds is 7. The SMILES string of the molecule is Cc1nnsc1S(=O)CC(=O)NCC1CCN(Cc2ccc(Cl)c(Cl)c2)C1. The number of hydrogen-bond acceptors (Lipinski definition) is 6. The van der Waals surface area contributed by atoms with Crippen molar-refractivity contribution < 1.29 is 9.00 Å². The molecule has 10 heteroatoms. The van der Waals surface area contributed by atoms with Crippen molar-refractivity contribution >= 4 is 51.4 Å². The van der Waals surface area contributed by atoms with E-state index in [-0.39, 0.29) is 11.7 Å². The van der Waals surface area contributed by atoms with Crippen molar-refractivity contribution in [2.75, 3.05) is 25.4 Å². The van der Waals surface area contributed by atoms with E-state index >= 15 is 0 Å². The number of halogens is 2. The van der Waals surface area contributed by atoms with Crippen LogP contribution in [-0.4, -0.2) is 50.0 Å². The predicted octanol–water partition coefficient (Wildman–Crippen LogP) is 2.90. The molecule has 0 spiro atoms. The molecule has 1 saturated heterocycles. The Bertz CT molecular complexity index is 846. The van der Waals surface area contributed by atoms with Crippen LogP contribution in [0.4, 0.5) is 0 Å². The number of nitrogens with one attached hydrogen (secondary N) is 1. The maximum atomic E-state index is 12.2. The van der Waals surface area contributed by atoms with Crippen molar-refractivity contribution in [3.05, 3.63) is 39.5 Å². The lowest BCUT2D eigenvalue weighted by Gasteiger charge is -2.16. The maximum Gasteiger partial charge on any atom is 0.233 e. The van der Waals surface area contributed by atoms with Crippen molar-refractivity contribution in [3.8, 4) is 0 Å². The Morgan fingerprint density at radius 2 is 2.22 bits per heavy atom. The summed E-state index contributed by atoms with van der Waals surface area (Å²) in [7, 11) is -1.39. The third kappa shape index (κ3) is 5.71. The van der Waals surface area contributed by atoms with Crippen LogP contribution in [0.25, 0.3) is 0 Å². The van der Waals surface area contributed by atoms with E-state index in [1.165, 1.54) is 0 Å². The molecule has 1 fully saturated rings. The topological polar surface area (TPSA) is 75.2 Å². The largest absolute Gasteiger partial charge is 0.355 e. The van der Waals surface area contributed by atoms with E-state index in [0.29, 0.717) is 32.4 Å². The van der Waals surface area contributed by atoms with Gasteiger partial charge >= 0.3 is 0 Å². The number of carbonyl (C=O) groups is 1. The number of nitrogens with zero attached hydrogens (tertiary/aromatic N) is 3. The van der Waals surface area contributed by atoms with Gasteiger partial charge in [-0.3, -0.25) is 13.9 Å². The highest BCUT2D eigenvalue weighted by atomic mass is 35.5. The monoisotopic (exact) mass is 446 g/mol. The second-order valence-electron chi connectivity index (χ2n) is 6.58. The van der Waals surface area contributed by atoms with Crippen molar-refractivity contribution in [2.24, 2.45) is 5.92 Å². The lowest BCUT2D eigenvalue weighted by Crippen LogP contribution is -2.33. The van der Waals surface area contributed by atoms with Crippen LogP contribution in [-0.2, 0) is 22.1 Å². The second kappa shape index (κ2) is 9.43. The summed E-state index contributed by atoms with van der Waals surface area (Å²) in [5, 5.41) is 7.86. The molecule has 2 heterocycles. The fourth-order valence-corrected chi connectivity index (χ4v) is 5.23. The zero-order chi connectivity index (χ0) is 19.4. The minimum atomic E-state index is -1.39. The number of likely N-dealkylation sites (tertiary alicyclic amines) is 1. The van der Waals surface area contributed by atoms with E-state index in [4.69, 9.17) is 23.2 Å². The first kappa shape index (κ1) is 20.7. The maximum absolute atomic E-state index is 12.2. The number of aromatic nitrogens is 2. The van der Waals surface area contributed by atoms with E-state index in [9.17, 15) is 9.00 Å². The van der Waals surface area contributed by atoms with Gasteiger partial charge in [0.25, 0.3) is 0 Å². The normalized spacial score (nSPS) is 18.6. The molecule has 1 aromatic heterocycles. The summed E-state index contributed by atoms with van der Waals surface area (Å²) in [6, 6.07) is 5.69. The fraction of sp³-hybridized carbons (Fsp3) is 0.471. The van der Waals surface area contributed by atoms with Crippen LogP contribution in [0.2, 0.25) is 10.0 Å². The molecule has 1 N–H and O–H groups in total. The van der Waals surface area contributed by atoms with Gasteiger partial charge < -0.3 is 5.32 Å². The molecule has 2 unspecified atom stereocenters. The van der Waals surface area contributed by atoms with E-state index in [2.05, 4.69) is 19.8 Å². The Labute approximate surface area is 174 Å². The molecule has 1 aliphatic heterocycles. The van der Waals surface area contributed by atoms with Crippen molar-refractivity contribution in [1.29, 1.82) is 0 Å². The van der Waals surface area contributed by atoms with Crippen LogP contribution >= 0.6 is 34.7 Å². The lowest BCUT2D eigenvalue weighted by molar-refractivity contribution is -0.118. The first-order valence-electron chi connectivity index (χ1n) is 8.52. The highest BCUT2D eigenvalue weighted by molar-refractivity contribution is 7.87. The molecule has 1 aliphatic rings. The molecular weight excluding hydrogens is 427 g/mol. The van der Waals surface area contributed by atoms with Crippen LogP contribution in [0, 0.1) is 12.8 Å². The van der Waals surface area contributed by atoms with E-state index in [1.54, 1.807) is 6.92 Å². The molecule has 2 aromatic rings. The Morgan fingerprint density at radius 3 is 2.93 bits per heavy atom. The molecule has 2 atom stereocenters. The molecule has 146 valence electrons. The van der Waals surface area contributed by atoms with Gasteiger partial charge in [0, 0.05) is 19.6 Å². The molecule has 27 heavy (non-hydrogen) atoms. The summed E-state index contributed by atoms with van der Waals surface area (Å²) in [5.41, 5.74) is 1.75. The van der Waals surface area contributed by atoms with Gasteiger partial charge in [-0.1, -0.05) is 33.8 Å². The lowest BCUT2D eigenvalue weighted by atomic mass is 10.1. The van der Waals surface area contributed by atoms with Crippen molar-refractivity contribution in [3.63, 3.8) is 0 Å². The summed E-state index contributed by atoms with van der Waals surface area (Å²) in [6.45, 7) is 5.02. The van der Waals surface area contributed by atoms with Gasteiger partial charge in [0.15, 0.2) is 0 Å². The molecule has 0 bridgehead atoms. The zero-order valence-electron chi connectivity index (χ0n) is 14.8. The molecule has 1 amide bonds. The Kier molecular flexibility index (Phi) is 7.22. The van der Waals surface area contributed by atoms with Gasteiger partial charge in [-0.05, 0) is 55.0 Å². The van der Waals surface area contributed by atoms with Crippen molar-refractivity contribution in [2.45, 2.75) is 24.1 Å². The van der Waals surface area contributed by atoms with E-state index in [0.717, 1.165) is 43.2 Å². The number of carbonyl (C=O) groups excluding carboxylic acids is 1. The molecule has 0 saturated carbocycles. The van der Waals surface area contributed by atoms with Crippen LogP contribution in [0.3, 0.4) is 0 Å². The van der Waals surface area contributed by atoms with Gasteiger partial charge in [0.2, 0.25) is 5.91 Å². The summed E-state index contributed by atoms with van der Waals surface area (Å²) >= 11 is 13.1. The smallest absolute Gasteiger partial charge is 0.233 e. The predicted molar refractivity (Wildman–Crippen MR) is 109 cm³/mol. The molecule has 6 nitrogen and oxygen atoms in total. The number of amides is 1. The van der Waals surface area contributed by atoms with Gasteiger partial charge in [0.1, 0.15) is 9.96 Å². The number of aryl methyl sites for hydroxylation is 1. The van der Waals surface area contributed by atoms with E-state index < -0.39 is 10.8 Å². The van der Waals surface area contributed by atoms with Crippen molar-refractivity contribution in [1.82, 2.24) is 19.8 Å². The van der Waals surface area contributed by atoms with E-state index in [1.807, 2.05) is 18.2 Å². The molecular formula is C17H20Cl2N4O2S2. The minimum Gasteiger partial charge on any atom is -0.355 e. The van der Waals surface area contributed by atoms with Gasteiger partial charge in [-0.15, -0.1) is 5.10 Å². The average Bonchev–Trinajstić information content (AvgIpc) is 3.25. The number of benzene rings is 1. The standard InChI is InChI=1S/C17H20Cl2N4O2S2/c1-11-17(26-22-21-11)27(25)10-16(24)20-7-13-4-5-23(9-13)8-12-2-3-14(18)15(19)6-12/h2-3,6,13H,4-5,7-10H2,1H3,(H,20,24). The van der Waals surface area contributed by atoms with Gasteiger partial charge in [-0.2, -0.15) is 0 Å². The van der Waals surface area contributed by atoms with Gasteiger partial charge in [0.05, 0.1) is 26.5 Å². The third-order valence-electron chi connectivity index (χ3n) is 4.43. The highest BCUT2D eigenvalue weighted by Crippen LogP contribution is 2.25. The minimum absolute atomic E-state index is 0.0512. The van der Waals surface area contributed by atoms with Gasteiger partial charge in [-0.25, -0.2) is 0 Å². The van der Waals surface area contributed by atoms with Crippen LogP contribution in [0.5, 0.6) is 0 Å². The zero-order valence-corrected chi connectivity index (χ0v) is 17.9. The Balaban J connectivity index is 1.42. The first-order chi connectivity index (χ1) is 12.9. The quantitative estimate of drug-likeness (QED) is 0.707. The highest BCUT2D eigenvalue weighted by Gasteiger charge is 2.23. The average molecular weight is 447 g/mol. The molecule has 3 rings (SSSR count). The summed E-state index contributed by atoms with van der Waals surface area (Å²) in [6.07, 6.45) is 1.02. The second-order valence-corrected chi connectivity index (χ2v) is 9.79. The number of hydrogen-bond donors (Lipinski definition) is 1. The summed E-state index contributed by atoms with van der Waals surface area (Å²) < 4.78 is 16.5. The van der Waals surface area contributed by atoms with Crippen LogP contribution < -0.4 is 5.32 Å². The summed E-state index contributed by atoms with van der Waals surface area (Å²) in [5.74, 6) is 0.130. The fourth-order valence-electron chi connectivity index (χ4n) is 3.05. The van der Waals surface area contributed by atoms with Crippen LogP contribution in [0.1, 0.15) is 17.7 Å². The molecule has 0 radical (unpaired) electrons.